The van der Waals surface area contributed by atoms with Crippen LogP contribution in [-0.2, 0) is 10.0 Å². The summed E-state index contributed by atoms with van der Waals surface area (Å²) in [6, 6.07) is 1.18. The molecule has 0 bridgehead atoms. The van der Waals surface area contributed by atoms with Crippen LogP contribution in [0.5, 0.6) is 0 Å². The zero-order chi connectivity index (χ0) is 14.0. The Hall–Kier alpha value is -0.960. The van der Waals surface area contributed by atoms with Crippen LogP contribution in [0.3, 0.4) is 0 Å². The van der Waals surface area contributed by atoms with Crippen molar-refractivity contribution in [2.45, 2.75) is 10.6 Å². The second kappa shape index (κ2) is 5.58. The van der Waals surface area contributed by atoms with Crippen LogP contribution >= 0.6 is 11.3 Å². The molecule has 1 saturated heterocycles. The first-order chi connectivity index (χ1) is 8.91. The van der Waals surface area contributed by atoms with E-state index < -0.39 is 16.0 Å². The van der Waals surface area contributed by atoms with E-state index in [1.165, 1.54) is 20.7 Å². The highest BCUT2D eigenvalue weighted by molar-refractivity contribution is 7.91. The molecule has 1 unspecified atom stereocenters. The average molecular weight is 304 g/mol. The fourth-order valence-corrected chi connectivity index (χ4v) is 4.82. The molecule has 0 amide bonds. The lowest BCUT2D eigenvalue weighted by molar-refractivity contribution is -0.877. The minimum atomic E-state index is -3.57. The molecule has 1 fully saturated rings. The maximum atomic E-state index is 12.4. The molecular formula is C11H16N2O4S2. The Balaban J connectivity index is 2.23. The molecule has 2 rings (SSSR count). The van der Waals surface area contributed by atoms with Crippen LogP contribution in [0.25, 0.3) is 0 Å². The third kappa shape index (κ3) is 3.14. The van der Waals surface area contributed by atoms with Crippen LogP contribution in [0.2, 0.25) is 0 Å². The van der Waals surface area contributed by atoms with Crippen molar-refractivity contribution < 1.29 is 23.2 Å². The molecule has 19 heavy (non-hydrogen) atoms. The Morgan fingerprint density at radius 3 is 2.79 bits per heavy atom. The molecule has 1 N–H and O–H groups in total. The van der Waals surface area contributed by atoms with E-state index in [1.807, 2.05) is 7.05 Å². The summed E-state index contributed by atoms with van der Waals surface area (Å²) in [4.78, 5) is 12.0. The monoisotopic (exact) mass is 304 g/mol. The maximum absolute atomic E-state index is 12.4. The molecule has 1 aromatic rings. The molecule has 1 aliphatic rings. The van der Waals surface area contributed by atoms with Crippen molar-refractivity contribution >= 4 is 27.3 Å². The van der Waals surface area contributed by atoms with Gasteiger partial charge in [-0.25, -0.2) is 8.42 Å². The van der Waals surface area contributed by atoms with Crippen LogP contribution in [0.1, 0.15) is 16.8 Å². The van der Waals surface area contributed by atoms with Crippen molar-refractivity contribution in [2.75, 3.05) is 33.2 Å². The number of carbonyl (C=O) groups is 1. The molecule has 6 nitrogen and oxygen atoms in total. The summed E-state index contributed by atoms with van der Waals surface area (Å²) in [6.07, 6.45) is 0.809. The second-order valence-corrected chi connectivity index (χ2v) is 7.73. The molecule has 106 valence electrons. The molecule has 0 aromatic carbocycles. The highest BCUT2D eigenvalue weighted by atomic mass is 32.2. The van der Waals surface area contributed by atoms with E-state index in [0.29, 0.717) is 13.1 Å². The van der Waals surface area contributed by atoms with Gasteiger partial charge < -0.3 is 14.8 Å². The van der Waals surface area contributed by atoms with Crippen LogP contribution in [-0.4, -0.2) is 51.9 Å². The van der Waals surface area contributed by atoms with Crippen LogP contribution < -0.4 is 10.0 Å². The van der Waals surface area contributed by atoms with Gasteiger partial charge >= 0.3 is 0 Å². The quantitative estimate of drug-likeness (QED) is 0.702. The normalized spacial score (nSPS) is 22.1. The van der Waals surface area contributed by atoms with Gasteiger partial charge in [0.1, 0.15) is 4.21 Å². The van der Waals surface area contributed by atoms with Gasteiger partial charge in [-0.1, -0.05) is 0 Å². The zero-order valence-electron chi connectivity index (χ0n) is 10.6. The zero-order valence-corrected chi connectivity index (χ0v) is 12.2. The van der Waals surface area contributed by atoms with Gasteiger partial charge in [0.05, 0.1) is 32.7 Å². The predicted molar refractivity (Wildman–Crippen MR) is 68.6 cm³/mol. The van der Waals surface area contributed by atoms with Gasteiger partial charge in [0.25, 0.3) is 10.0 Å². The molecular weight excluding hydrogens is 288 g/mol. The molecule has 0 spiro atoms. The number of quaternary nitrogens is 1. The van der Waals surface area contributed by atoms with E-state index in [-0.39, 0.29) is 9.77 Å². The van der Waals surface area contributed by atoms with Crippen molar-refractivity contribution in [3.05, 3.63) is 17.0 Å². The van der Waals surface area contributed by atoms with Crippen LogP contribution in [0.15, 0.2) is 15.7 Å². The summed E-state index contributed by atoms with van der Waals surface area (Å²) >= 11 is 0.929. The van der Waals surface area contributed by atoms with E-state index in [9.17, 15) is 18.3 Å². The van der Waals surface area contributed by atoms with E-state index in [4.69, 9.17) is 0 Å². The maximum Gasteiger partial charge on any atom is 0.252 e. The molecule has 0 radical (unpaired) electrons. The smallest absolute Gasteiger partial charge is 0.252 e. The number of carboxylic acids is 1. The molecule has 1 aliphatic heterocycles. The van der Waals surface area contributed by atoms with E-state index in [2.05, 4.69) is 0 Å². The summed E-state index contributed by atoms with van der Waals surface area (Å²) in [5, 5.41) is 12.0. The van der Waals surface area contributed by atoms with Gasteiger partial charge in [0, 0.05) is 23.9 Å². The summed E-state index contributed by atoms with van der Waals surface area (Å²) < 4.78 is 26.3. The number of hydrogen-bond acceptors (Lipinski definition) is 5. The lowest BCUT2D eigenvalue weighted by atomic mass is 10.4. The topological polar surface area (TPSA) is 82.0 Å². The minimum Gasteiger partial charge on any atom is -0.545 e. The van der Waals surface area contributed by atoms with Crippen molar-refractivity contribution in [3.63, 3.8) is 0 Å². The van der Waals surface area contributed by atoms with Gasteiger partial charge in [-0.15, -0.1) is 11.3 Å². The first-order valence-electron chi connectivity index (χ1n) is 6.02. The predicted octanol–water partition coefficient (Wildman–Crippen LogP) is -1.98. The van der Waals surface area contributed by atoms with E-state index in [0.717, 1.165) is 30.8 Å². The first-order valence-corrected chi connectivity index (χ1v) is 8.34. The van der Waals surface area contributed by atoms with Crippen LogP contribution in [0.4, 0.5) is 0 Å². The molecule has 8 heteroatoms. The second-order valence-electron chi connectivity index (χ2n) is 4.66. The lowest BCUT2D eigenvalue weighted by Gasteiger charge is -2.17. The largest absolute Gasteiger partial charge is 0.545 e. The Morgan fingerprint density at radius 1 is 1.42 bits per heavy atom. The SMILES string of the molecule is C[NH+]1CCCN(S(=O)(=O)c2cc(C(=O)[O-])cs2)CC1. The van der Waals surface area contributed by atoms with Crippen molar-refractivity contribution in [1.29, 1.82) is 0 Å². The number of nitrogens with zero attached hydrogens (tertiary/aromatic N) is 1. The Morgan fingerprint density at radius 2 is 2.16 bits per heavy atom. The number of thiophene rings is 1. The number of hydrogen-bond donors (Lipinski definition) is 1. The van der Waals surface area contributed by atoms with Gasteiger partial charge in [0.15, 0.2) is 0 Å². The van der Waals surface area contributed by atoms with Gasteiger partial charge in [-0.2, -0.15) is 4.31 Å². The standard InChI is InChI=1S/C11H16N2O4S2/c1-12-3-2-4-13(6-5-12)19(16,17)10-7-9(8-18-10)11(14)15/h7-8H,2-6H2,1H3,(H,14,15). The third-order valence-corrected chi connectivity index (χ3v) is 6.52. The number of sulfonamides is 1. The van der Waals surface area contributed by atoms with Crippen molar-refractivity contribution in [3.8, 4) is 0 Å². The number of aromatic carboxylic acids is 1. The van der Waals surface area contributed by atoms with Gasteiger partial charge in [-0.3, -0.25) is 0 Å². The molecule has 1 aromatic heterocycles. The summed E-state index contributed by atoms with van der Waals surface area (Å²) in [7, 11) is -1.54. The number of likely N-dealkylation sites (N-methyl/N-ethyl adjacent to an activating group) is 1. The Kier molecular flexibility index (Phi) is 4.24. The number of carboxylic acid groups (broad SMARTS) is 1. The Bertz CT molecular complexity index is 567. The van der Waals surface area contributed by atoms with Crippen LogP contribution in [0, 0.1) is 0 Å². The fourth-order valence-electron chi connectivity index (χ4n) is 2.04. The van der Waals surface area contributed by atoms with E-state index >= 15 is 0 Å². The van der Waals surface area contributed by atoms with Gasteiger partial charge in [0.2, 0.25) is 0 Å². The summed E-state index contributed by atoms with van der Waals surface area (Å²) in [6.45, 7) is 2.66. The molecule has 0 saturated carbocycles. The lowest BCUT2D eigenvalue weighted by Crippen LogP contribution is -3.09. The highest BCUT2D eigenvalue weighted by Crippen LogP contribution is 2.23. The molecule has 2 heterocycles. The van der Waals surface area contributed by atoms with Crippen molar-refractivity contribution in [2.24, 2.45) is 0 Å². The minimum absolute atomic E-state index is 0.0752. The summed E-state index contributed by atoms with van der Waals surface area (Å²) in [5.74, 6) is -1.35. The first kappa shape index (κ1) is 14.4. The highest BCUT2D eigenvalue weighted by Gasteiger charge is 2.28. The molecule has 0 aliphatic carbocycles. The van der Waals surface area contributed by atoms with E-state index in [1.54, 1.807) is 0 Å². The summed E-state index contributed by atoms with van der Waals surface area (Å²) in [5.41, 5.74) is -0.0823. The third-order valence-electron chi connectivity index (χ3n) is 3.20. The number of rotatable bonds is 3. The Labute approximate surface area is 116 Å². The number of nitrogens with one attached hydrogen (secondary N) is 1. The number of carbonyl (C=O) groups excluding carboxylic acids is 1. The van der Waals surface area contributed by atoms with Crippen molar-refractivity contribution in [1.82, 2.24) is 4.31 Å². The average Bonchev–Trinajstić information content (AvgIpc) is 2.74. The fraction of sp³-hybridized carbons (Fsp3) is 0.545. The molecule has 1 atom stereocenters. The van der Waals surface area contributed by atoms with Gasteiger partial charge in [-0.05, 0) is 6.07 Å².